The zero-order valence-electron chi connectivity index (χ0n) is 10.4. The van der Waals surface area contributed by atoms with Crippen LogP contribution in [0.25, 0.3) is 5.69 Å². The van der Waals surface area contributed by atoms with Crippen molar-refractivity contribution < 1.29 is 9.90 Å². The number of benzene rings is 1. The number of nitrogens with zero attached hydrogens (tertiary/aromatic N) is 2. The normalized spacial score (nSPS) is 11.0. The molecule has 0 saturated heterocycles. The highest BCUT2D eigenvalue weighted by atomic mass is 79.9. The predicted octanol–water partition coefficient (Wildman–Crippen LogP) is 4.11. The Balaban J connectivity index is 2.66. The largest absolute Gasteiger partial charge is 0.478 e. The molecule has 0 aliphatic heterocycles. The number of hydrogen-bond acceptors (Lipinski definition) is 2. The van der Waals surface area contributed by atoms with E-state index in [9.17, 15) is 9.90 Å². The molecular weight excluding hydrogens is 332 g/mol. The smallest absolute Gasteiger partial charge is 0.340 e. The predicted molar refractivity (Wildman–Crippen MR) is 77.3 cm³/mol. The summed E-state index contributed by atoms with van der Waals surface area (Å²) in [7, 11) is 0. The van der Waals surface area contributed by atoms with Crippen molar-refractivity contribution in [2.45, 2.75) is 19.8 Å². The first-order chi connectivity index (χ1) is 8.91. The lowest BCUT2D eigenvalue weighted by Gasteiger charge is -2.03. The standard InChI is InChI=1S/C13H12BrClN2O2/c1-7(2)11-10(13(18)19)12(15)17(16-11)9-5-3-4-8(14)6-9/h3-7H,1-2H3,(H,18,19). The van der Waals surface area contributed by atoms with Gasteiger partial charge in [0.05, 0.1) is 11.4 Å². The van der Waals surface area contributed by atoms with Crippen molar-refractivity contribution in [2.75, 3.05) is 0 Å². The van der Waals surface area contributed by atoms with Gasteiger partial charge in [-0.05, 0) is 24.1 Å². The number of aromatic nitrogens is 2. The third-order valence-electron chi connectivity index (χ3n) is 2.67. The van der Waals surface area contributed by atoms with Crippen LogP contribution in [-0.2, 0) is 0 Å². The second-order valence-corrected chi connectivity index (χ2v) is 5.68. The summed E-state index contributed by atoms with van der Waals surface area (Å²) in [5, 5.41) is 13.7. The summed E-state index contributed by atoms with van der Waals surface area (Å²) in [6.07, 6.45) is 0. The van der Waals surface area contributed by atoms with Crippen LogP contribution in [0.5, 0.6) is 0 Å². The molecule has 0 spiro atoms. The topological polar surface area (TPSA) is 55.1 Å². The zero-order chi connectivity index (χ0) is 14.2. The Labute approximate surface area is 124 Å². The van der Waals surface area contributed by atoms with Gasteiger partial charge in [0.15, 0.2) is 0 Å². The average molecular weight is 344 g/mol. The lowest BCUT2D eigenvalue weighted by Crippen LogP contribution is -2.01. The van der Waals surface area contributed by atoms with Crippen molar-refractivity contribution in [1.82, 2.24) is 9.78 Å². The zero-order valence-corrected chi connectivity index (χ0v) is 12.7. The molecule has 0 amide bonds. The summed E-state index contributed by atoms with van der Waals surface area (Å²) in [6.45, 7) is 3.77. The minimum Gasteiger partial charge on any atom is -0.478 e. The number of hydrogen-bond donors (Lipinski definition) is 1. The number of rotatable bonds is 3. The van der Waals surface area contributed by atoms with Crippen molar-refractivity contribution in [3.63, 3.8) is 0 Å². The van der Waals surface area contributed by atoms with E-state index in [1.54, 1.807) is 0 Å². The van der Waals surface area contributed by atoms with Gasteiger partial charge in [0.25, 0.3) is 0 Å². The summed E-state index contributed by atoms with van der Waals surface area (Å²) in [5.41, 5.74) is 1.27. The van der Waals surface area contributed by atoms with Gasteiger partial charge in [-0.15, -0.1) is 0 Å². The molecule has 0 aliphatic carbocycles. The minimum absolute atomic E-state index is 0.0167. The molecule has 0 bridgehead atoms. The fourth-order valence-corrected chi connectivity index (χ4v) is 2.49. The number of halogens is 2. The van der Waals surface area contributed by atoms with Gasteiger partial charge in [0.1, 0.15) is 10.7 Å². The molecule has 1 aromatic carbocycles. The van der Waals surface area contributed by atoms with Crippen LogP contribution in [0.4, 0.5) is 0 Å². The molecule has 19 heavy (non-hydrogen) atoms. The fourth-order valence-electron chi connectivity index (χ4n) is 1.79. The van der Waals surface area contributed by atoms with Gasteiger partial charge in [-0.1, -0.05) is 47.4 Å². The van der Waals surface area contributed by atoms with Gasteiger partial charge in [-0.25, -0.2) is 9.48 Å². The van der Waals surface area contributed by atoms with Crippen molar-refractivity contribution in [2.24, 2.45) is 0 Å². The van der Waals surface area contributed by atoms with Crippen LogP contribution in [0.15, 0.2) is 28.7 Å². The lowest BCUT2D eigenvalue weighted by molar-refractivity contribution is 0.0695. The molecule has 0 atom stereocenters. The molecule has 1 N–H and O–H groups in total. The highest BCUT2D eigenvalue weighted by molar-refractivity contribution is 9.10. The second-order valence-electron chi connectivity index (χ2n) is 4.40. The van der Waals surface area contributed by atoms with Crippen LogP contribution in [-0.4, -0.2) is 20.9 Å². The highest BCUT2D eigenvalue weighted by Crippen LogP contribution is 2.29. The van der Waals surface area contributed by atoms with Crippen LogP contribution in [0.1, 0.15) is 35.8 Å². The number of aromatic carboxylic acids is 1. The van der Waals surface area contributed by atoms with Crippen LogP contribution >= 0.6 is 27.5 Å². The summed E-state index contributed by atoms with van der Waals surface area (Å²) < 4.78 is 2.32. The Morgan fingerprint density at radius 3 is 2.63 bits per heavy atom. The van der Waals surface area contributed by atoms with E-state index in [0.29, 0.717) is 11.4 Å². The van der Waals surface area contributed by atoms with E-state index in [1.807, 2.05) is 38.1 Å². The Morgan fingerprint density at radius 1 is 1.47 bits per heavy atom. The number of carboxylic acid groups (broad SMARTS) is 1. The molecule has 0 fully saturated rings. The molecule has 2 rings (SSSR count). The summed E-state index contributed by atoms with van der Waals surface area (Å²) >= 11 is 9.53. The molecule has 1 aromatic heterocycles. The summed E-state index contributed by atoms with van der Waals surface area (Å²) in [6, 6.07) is 7.36. The van der Waals surface area contributed by atoms with E-state index in [4.69, 9.17) is 11.6 Å². The first-order valence-corrected chi connectivity index (χ1v) is 6.86. The third kappa shape index (κ3) is 2.67. The molecule has 4 nitrogen and oxygen atoms in total. The lowest BCUT2D eigenvalue weighted by atomic mass is 10.1. The Hall–Kier alpha value is -1.33. The Bertz CT molecular complexity index is 638. The molecule has 1 heterocycles. The maximum atomic E-state index is 11.3. The summed E-state index contributed by atoms with van der Waals surface area (Å²) in [4.78, 5) is 11.3. The van der Waals surface area contributed by atoms with E-state index in [1.165, 1.54) is 4.68 Å². The van der Waals surface area contributed by atoms with Gasteiger partial charge in [-0.2, -0.15) is 5.10 Å². The fraction of sp³-hybridized carbons (Fsp3) is 0.231. The van der Waals surface area contributed by atoms with Crippen molar-refractivity contribution in [1.29, 1.82) is 0 Å². The minimum atomic E-state index is -1.06. The van der Waals surface area contributed by atoms with Gasteiger partial charge < -0.3 is 5.11 Å². The van der Waals surface area contributed by atoms with Gasteiger partial charge in [-0.3, -0.25) is 0 Å². The summed E-state index contributed by atoms with van der Waals surface area (Å²) in [5.74, 6) is -1.08. The molecule has 2 aromatic rings. The maximum Gasteiger partial charge on any atom is 0.340 e. The molecular formula is C13H12BrClN2O2. The quantitative estimate of drug-likeness (QED) is 0.912. The monoisotopic (exact) mass is 342 g/mol. The van der Waals surface area contributed by atoms with Crippen molar-refractivity contribution >= 4 is 33.5 Å². The van der Waals surface area contributed by atoms with E-state index in [2.05, 4.69) is 21.0 Å². The van der Waals surface area contributed by atoms with Crippen LogP contribution in [0, 0.1) is 0 Å². The Kier molecular flexibility index (Phi) is 3.96. The van der Waals surface area contributed by atoms with Crippen LogP contribution in [0.3, 0.4) is 0 Å². The Morgan fingerprint density at radius 2 is 2.16 bits per heavy atom. The van der Waals surface area contributed by atoms with E-state index >= 15 is 0 Å². The van der Waals surface area contributed by atoms with E-state index < -0.39 is 5.97 Å². The molecule has 0 unspecified atom stereocenters. The molecule has 100 valence electrons. The van der Waals surface area contributed by atoms with Crippen molar-refractivity contribution in [3.8, 4) is 5.69 Å². The average Bonchev–Trinajstić information content (AvgIpc) is 2.67. The number of carboxylic acids is 1. The van der Waals surface area contributed by atoms with Gasteiger partial charge >= 0.3 is 5.97 Å². The van der Waals surface area contributed by atoms with Gasteiger partial charge in [0, 0.05) is 4.47 Å². The maximum absolute atomic E-state index is 11.3. The SMILES string of the molecule is CC(C)c1nn(-c2cccc(Br)c2)c(Cl)c1C(=O)O. The second kappa shape index (κ2) is 5.35. The van der Waals surface area contributed by atoms with E-state index in [0.717, 1.165) is 4.47 Å². The van der Waals surface area contributed by atoms with Crippen LogP contribution < -0.4 is 0 Å². The highest BCUT2D eigenvalue weighted by Gasteiger charge is 2.24. The van der Waals surface area contributed by atoms with Crippen molar-refractivity contribution in [3.05, 3.63) is 45.1 Å². The molecule has 0 radical (unpaired) electrons. The first-order valence-electron chi connectivity index (χ1n) is 5.69. The van der Waals surface area contributed by atoms with Crippen LogP contribution in [0.2, 0.25) is 5.15 Å². The van der Waals surface area contributed by atoms with E-state index in [-0.39, 0.29) is 16.6 Å². The first kappa shape index (κ1) is 14.1. The number of carbonyl (C=O) groups is 1. The third-order valence-corrected chi connectivity index (χ3v) is 3.51. The molecule has 0 saturated carbocycles. The molecule has 6 heteroatoms. The van der Waals surface area contributed by atoms with Gasteiger partial charge in [0.2, 0.25) is 0 Å². The molecule has 0 aliphatic rings.